The summed E-state index contributed by atoms with van der Waals surface area (Å²) < 4.78 is 27.5. The molecule has 0 unspecified atom stereocenters. The highest BCUT2D eigenvalue weighted by atomic mass is 79.9. The number of hydrogen-bond acceptors (Lipinski definition) is 4. The van der Waals surface area contributed by atoms with Gasteiger partial charge in [0.2, 0.25) is 0 Å². The van der Waals surface area contributed by atoms with E-state index in [4.69, 9.17) is 29.6 Å². The number of thiophene rings is 1. The molecule has 4 nitrogen and oxygen atoms in total. The van der Waals surface area contributed by atoms with E-state index in [-0.39, 0.29) is 9.20 Å². The number of halogens is 2. The van der Waals surface area contributed by atoms with Gasteiger partial charge in [0, 0.05) is 11.3 Å². The van der Waals surface area contributed by atoms with Gasteiger partial charge in [-0.2, -0.15) is 0 Å². The van der Waals surface area contributed by atoms with E-state index >= 15 is 0 Å². The summed E-state index contributed by atoms with van der Waals surface area (Å²) in [6.45, 7) is 0. The molecule has 0 radical (unpaired) electrons. The van der Waals surface area contributed by atoms with Crippen LogP contribution in [0, 0.1) is 0 Å². The van der Waals surface area contributed by atoms with Gasteiger partial charge in [0.05, 0.1) is 8.81 Å². The predicted octanol–water partition coefficient (Wildman–Crippen LogP) is 3.60. The molecule has 0 fully saturated rings. The number of nitrogens with one attached hydrogen (secondary N) is 1. The second-order valence-corrected chi connectivity index (χ2v) is 8.86. The van der Waals surface area contributed by atoms with Gasteiger partial charge in [-0.1, -0.05) is 23.8 Å². The lowest BCUT2D eigenvalue weighted by molar-refractivity contribution is 0.603. The monoisotopic (exact) mass is 410 g/mol. The van der Waals surface area contributed by atoms with E-state index in [1.165, 1.54) is 6.07 Å². The maximum absolute atomic E-state index is 12.2. The number of thiocarbonyl (C=S) groups is 1. The predicted molar refractivity (Wildman–Crippen MR) is 90.2 cm³/mol. The minimum atomic E-state index is -3.66. The molecule has 0 bridgehead atoms. The van der Waals surface area contributed by atoms with Crippen molar-refractivity contribution in [2.24, 2.45) is 5.73 Å². The Labute approximate surface area is 139 Å². The Kier molecular flexibility index (Phi) is 4.70. The molecule has 0 atom stereocenters. The Hall–Kier alpha value is -0.670. The van der Waals surface area contributed by atoms with Gasteiger partial charge in [0.25, 0.3) is 10.0 Å². The summed E-state index contributed by atoms with van der Waals surface area (Å²) in [7, 11) is -3.66. The Bertz CT molecular complexity index is 737. The van der Waals surface area contributed by atoms with Gasteiger partial charge in [-0.25, -0.2) is 8.42 Å². The smallest absolute Gasteiger partial charge is 0.271 e. The summed E-state index contributed by atoms with van der Waals surface area (Å²) in [6.07, 6.45) is 0. The van der Waals surface area contributed by atoms with Crippen LogP contribution in [0.3, 0.4) is 0 Å². The standard InChI is InChI=1S/C11H8BrClN2O2S3/c12-10-8(13)5-9(19-10)20(16,17)15-7-3-1-6(2-4-7)11(14)18/h1-5,15H,(H2,14,18). The molecule has 9 heteroatoms. The van der Waals surface area contributed by atoms with Crippen molar-refractivity contribution < 1.29 is 8.42 Å². The highest BCUT2D eigenvalue weighted by Gasteiger charge is 2.19. The number of anilines is 1. The van der Waals surface area contributed by atoms with Gasteiger partial charge < -0.3 is 5.73 Å². The molecular weight excluding hydrogens is 404 g/mol. The molecule has 0 aliphatic rings. The van der Waals surface area contributed by atoms with E-state index in [1.807, 2.05) is 0 Å². The van der Waals surface area contributed by atoms with E-state index in [0.717, 1.165) is 11.3 Å². The largest absolute Gasteiger partial charge is 0.389 e. The van der Waals surface area contributed by atoms with Crippen molar-refractivity contribution in [1.29, 1.82) is 0 Å². The van der Waals surface area contributed by atoms with Crippen LogP contribution in [0.2, 0.25) is 5.02 Å². The molecule has 2 rings (SSSR count). The van der Waals surface area contributed by atoms with Crippen molar-refractivity contribution in [3.63, 3.8) is 0 Å². The summed E-state index contributed by atoms with van der Waals surface area (Å²) in [6, 6.07) is 7.88. The van der Waals surface area contributed by atoms with Gasteiger partial charge in [0.1, 0.15) is 9.20 Å². The fraction of sp³-hybridized carbons (Fsp3) is 0. The van der Waals surface area contributed by atoms with Crippen molar-refractivity contribution in [2.75, 3.05) is 4.72 Å². The summed E-state index contributed by atoms with van der Waals surface area (Å²) in [5.74, 6) is 0. The maximum Gasteiger partial charge on any atom is 0.271 e. The second-order valence-electron chi connectivity index (χ2n) is 3.73. The first kappa shape index (κ1) is 15.7. The van der Waals surface area contributed by atoms with Crippen LogP contribution in [0.1, 0.15) is 5.56 Å². The molecule has 20 heavy (non-hydrogen) atoms. The number of hydrogen-bond donors (Lipinski definition) is 2. The van der Waals surface area contributed by atoms with E-state index in [2.05, 4.69) is 20.7 Å². The van der Waals surface area contributed by atoms with Gasteiger partial charge >= 0.3 is 0 Å². The molecule has 1 aromatic heterocycles. The minimum absolute atomic E-state index is 0.132. The fourth-order valence-corrected chi connectivity index (χ4v) is 4.96. The summed E-state index contributed by atoms with van der Waals surface area (Å²) in [5, 5.41) is 0.360. The van der Waals surface area contributed by atoms with Crippen LogP contribution in [0.4, 0.5) is 5.69 Å². The quantitative estimate of drug-likeness (QED) is 0.754. The zero-order valence-corrected chi connectivity index (χ0v) is 14.6. The normalized spacial score (nSPS) is 11.3. The lowest BCUT2D eigenvalue weighted by Crippen LogP contribution is -2.12. The average Bonchev–Trinajstić information content (AvgIpc) is 2.71. The molecule has 0 saturated carbocycles. The minimum Gasteiger partial charge on any atom is -0.389 e. The topological polar surface area (TPSA) is 72.2 Å². The van der Waals surface area contributed by atoms with E-state index in [0.29, 0.717) is 20.1 Å². The van der Waals surface area contributed by atoms with Crippen molar-refractivity contribution >= 4 is 71.8 Å². The van der Waals surface area contributed by atoms with E-state index in [9.17, 15) is 8.42 Å². The first-order chi connectivity index (χ1) is 9.29. The molecule has 0 aliphatic carbocycles. The molecule has 0 saturated heterocycles. The number of benzene rings is 1. The maximum atomic E-state index is 12.2. The van der Waals surface area contributed by atoms with E-state index in [1.54, 1.807) is 24.3 Å². The fourth-order valence-electron chi connectivity index (χ4n) is 1.37. The second kappa shape index (κ2) is 5.98. The van der Waals surface area contributed by atoms with Crippen molar-refractivity contribution in [3.8, 4) is 0 Å². The van der Waals surface area contributed by atoms with Crippen LogP contribution in [0.15, 0.2) is 38.3 Å². The van der Waals surface area contributed by atoms with Gasteiger partial charge in [-0.05, 0) is 46.3 Å². The third kappa shape index (κ3) is 3.50. The molecule has 1 heterocycles. The van der Waals surface area contributed by atoms with Crippen molar-refractivity contribution in [1.82, 2.24) is 0 Å². The first-order valence-electron chi connectivity index (χ1n) is 5.17. The Balaban J connectivity index is 2.26. The zero-order valence-electron chi connectivity index (χ0n) is 9.76. The average molecular weight is 412 g/mol. The third-order valence-electron chi connectivity index (χ3n) is 2.31. The van der Waals surface area contributed by atoms with Gasteiger partial charge in [-0.15, -0.1) is 11.3 Å². The van der Waals surface area contributed by atoms with Gasteiger partial charge in [-0.3, -0.25) is 4.72 Å². The molecule has 106 valence electrons. The zero-order chi connectivity index (χ0) is 14.9. The molecule has 1 aromatic carbocycles. The number of rotatable bonds is 4. The molecular formula is C11H8BrClN2O2S3. The van der Waals surface area contributed by atoms with Crippen LogP contribution in [0.5, 0.6) is 0 Å². The van der Waals surface area contributed by atoms with Crippen molar-refractivity contribution in [3.05, 3.63) is 44.7 Å². The van der Waals surface area contributed by atoms with Crippen LogP contribution < -0.4 is 10.5 Å². The van der Waals surface area contributed by atoms with Crippen LogP contribution >= 0.6 is 51.1 Å². The molecule has 2 aromatic rings. The SMILES string of the molecule is NC(=S)c1ccc(NS(=O)(=O)c2cc(Cl)c(Br)s2)cc1. The van der Waals surface area contributed by atoms with Gasteiger partial charge in [0.15, 0.2) is 0 Å². The van der Waals surface area contributed by atoms with Crippen LogP contribution in [0.25, 0.3) is 0 Å². The lowest BCUT2D eigenvalue weighted by Gasteiger charge is -2.06. The summed E-state index contributed by atoms with van der Waals surface area (Å²) in [5.41, 5.74) is 6.57. The molecule has 0 aliphatic heterocycles. The summed E-state index contributed by atoms with van der Waals surface area (Å²) in [4.78, 5) is 0.258. The Morgan fingerprint density at radius 3 is 2.40 bits per heavy atom. The van der Waals surface area contributed by atoms with E-state index < -0.39 is 10.0 Å². The van der Waals surface area contributed by atoms with Crippen LogP contribution in [-0.4, -0.2) is 13.4 Å². The number of sulfonamides is 1. The highest BCUT2D eigenvalue weighted by molar-refractivity contribution is 9.11. The number of nitrogens with two attached hydrogens (primary N) is 1. The molecule has 0 amide bonds. The van der Waals surface area contributed by atoms with Crippen molar-refractivity contribution in [2.45, 2.75) is 4.21 Å². The Morgan fingerprint density at radius 1 is 1.35 bits per heavy atom. The molecule has 3 N–H and O–H groups in total. The first-order valence-corrected chi connectivity index (χ1v) is 9.05. The lowest BCUT2D eigenvalue weighted by atomic mass is 10.2. The molecule has 0 spiro atoms. The Morgan fingerprint density at radius 2 is 1.95 bits per heavy atom. The summed E-state index contributed by atoms with van der Waals surface area (Å²) >= 11 is 14.9. The van der Waals surface area contributed by atoms with Crippen LogP contribution in [-0.2, 0) is 10.0 Å². The third-order valence-corrected chi connectivity index (χ3v) is 6.87. The highest BCUT2D eigenvalue weighted by Crippen LogP contribution is 2.35.